The van der Waals surface area contributed by atoms with Gasteiger partial charge in [-0.25, -0.2) is 18.5 Å². The van der Waals surface area contributed by atoms with Crippen molar-refractivity contribution < 1.29 is 61.4 Å². The van der Waals surface area contributed by atoms with Crippen LogP contribution >= 0.6 is 23.5 Å². The second-order valence-electron chi connectivity index (χ2n) is 5.45. The van der Waals surface area contributed by atoms with Crippen LogP contribution in [0.3, 0.4) is 0 Å². The molecule has 1 aliphatic heterocycles. The van der Waals surface area contributed by atoms with Gasteiger partial charge in [-0.2, -0.15) is 8.62 Å². The smallest absolute Gasteiger partial charge is 0.387 e. The molecule has 2 heterocycles. The van der Waals surface area contributed by atoms with Crippen molar-refractivity contribution in [3.05, 3.63) is 33.1 Å². The Morgan fingerprint density at radius 2 is 1.66 bits per heavy atom. The predicted molar refractivity (Wildman–Crippen MR) is 87.1 cm³/mol. The topological polar surface area (TPSA) is 264 Å². The van der Waals surface area contributed by atoms with Crippen LogP contribution in [0.4, 0.5) is 0 Å². The molecular formula is C9H15N2O15P3. The Labute approximate surface area is 159 Å². The first-order valence-electron chi connectivity index (χ1n) is 7.22. The molecule has 0 spiro atoms. The molecule has 2 rings (SSSR count). The molecule has 1 fully saturated rings. The average Bonchev–Trinajstić information content (AvgIpc) is 2.78. The lowest BCUT2D eigenvalue weighted by Crippen LogP contribution is -2.37. The SMILES string of the molecule is O=c1ccn([C@@H]2OC(COP(=O)(O)OP(=O)(O)OP(=O)(O)O)[C@@H](O)C2O)c(=O)[nH]1. The maximum Gasteiger partial charge on any atom is 0.490 e. The zero-order valence-corrected chi connectivity index (χ0v) is 16.5. The zero-order chi connectivity index (χ0) is 22.2. The number of hydrogen-bond acceptors (Lipinski definition) is 11. The van der Waals surface area contributed by atoms with Gasteiger partial charge in [0.15, 0.2) is 6.23 Å². The highest BCUT2D eigenvalue weighted by Crippen LogP contribution is 2.66. The lowest BCUT2D eigenvalue weighted by Gasteiger charge is -2.19. The molecule has 7 N–H and O–H groups in total. The number of aromatic amines is 1. The summed E-state index contributed by atoms with van der Waals surface area (Å²) in [5, 5.41) is 19.9. The Hall–Kier alpha value is -1.03. The standard InChI is InChI=1S/C9H15N2O15P3/c12-5-1-2-11(9(15)10-5)8-7(14)6(13)4(24-8)3-23-28(19,20)26-29(21,22)25-27(16,17)18/h1-2,4,6-8,13-14H,3H2,(H,19,20)(H,21,22)(H,10,12,15)(H2,16,17,18)/t4?,6-,7?,8-/m1/s1. The van der Waals surface area contributed by atoms with Crippen molar-refractivity contribution in [2.24, 2.45) is 0 Å². The van der Waals surface area contributed by atoms with Crippen molar-refractivity contribution in [2.75, 3.05) is 6.61 Å². The third-order valence-corrected chi connectivity index (χ3v) is 7.08. The summed E-state index contributed by atoms with van der Waals surface area (Å²) < 4.78 is 50.6. The van der Waals surface area contributed by atoms with Crippen LogP contribution in [0, 0.1) is 0 Å². The molecule has 0 aliphatic carbocycles. The molecule has 20 heteroatoms. The molecule has 1 aliphatic rings. The van der Waals surface area contributed by atoms with Gasteiger partial charge in [-0.15, -0.1) is 0 Å². The van der Waals surface area contributed by atoms with Crippen LogP contribution in [0.5, 0.6) is 0 Å². The quantitative estimate of drug-likeness (QED) is 0.188. The van der Waals surface area contributed by atoms with Crippen LogP contribution in [0.25, 0.3) is 0 Å². The molecule has 1 saturated heterocycles. The molecule has 17 nitrogen and oxygen atoms in total. The summed E-state index contributed by atoms with van der Waals surface area (Å²) in [6, 6.07) is 0.920. The van der Waals surface area contributed by atoms with E-state index in [1.165, 1.54) is 0 Å². The number of aliphatic hydroxyl groups excluding tert-OH is 2. The summed E-state index contributed by atoms with van der Waals surface area (Å²) in [6.07, 6.45) is -5.70. The van der Waals surface area contributed by atoms with Crippen LogP contribution in [-0.4, -0.2) is 64.3 Å². The van der Waals surface area contributed by atoms with Gasteiger partial charge in [0.2, 0.25) is 0 Å². The van der Waals surface area contributed by atoms with Gasteiger partial charge in [-0.1, -0.05) is 0 Å². The Bertz CT molecular complexity index is 997. The maximum atomic E-state index is 11.7. The van der Waals surface area contributed by atoms with Crippen molar-refractivity contribution in [2.45, 2.75) is 24.5 Å². The minimum atomic E-state index is -5.73. The molecule has 0 aromatic carbocycles. The van der Waals surface area contributed by atoms with E-state index in [1.807, 2.05) is 4.98 Å². The second-order valence-corrected chi connectivity index (χ2v) is 9.87. The lowest BCUT2D eigenvalue weighted by atomic mass is 10.1. The van der Waals surface area contributed by atoms with E-state index in [2.05, 4.69) is 13.1 Å². The van der Waals surface area contributed by atoms with Gasteiger partial charge < -0.3 is 34.5 Å². The Kier molecular flexibility index (Phi) is 7.20. The van der Waals surface area contributed by atoms with Gasteiger partial charge in [0.25, 0.3) is 5.56 Å². The summed E-state index contributed by atoms with van der Waals surface area (Å²) in [5.74, 6) is 0. The third-order valence-electron chi connectivity index (χ3n) is 3.28. The molecule has 6 atom stereocenters. The van der Waals surface area contributed by atoms with Crippen molar-refractivity contribution in [1.82, 2.24) is 9.55 Å². The van der Waals surface area contributed by atoms with Crippen molar-refractivity contribution in [1.29, 1.82) is 0 Å². The fraction of sp³-hybridized carbons (Fsp3) is 0.556. The summed E-state index contributed by atoms with van der Waals surface area (Å²) in [7, 11) is -16.8. The molecule has 1 aromatic heterocycles. The van der Waals surface area contributed by atoms with E-state index >= 15 is 0 Å². The van der Waals surface area contributed by atoms with E-state index < -0.39 is 65.9 Å². The number of aromatic nitrogens is 2. The Morgan fingerprint density at radius 3 is 2.21 bits per heavy atom. The predicted octanol–water partition coefficient (Wildman–Crippen LogP) is -2.50. The molecule has 0 saturated carbocycles. The summed E-state index contributed by atoms with van der Waals surface area (Å²) >= 11 is 0. The van der Waals surface area contributed by atoms with Crippen LogP contribution in [0.2, 0.25) is 0 Å². The first kappa shape index (κ1) is 24.2. The Morgan fingerprint density at radius 1 is 1.03 bits per heavy atom. The summed E-state index contributed by atoms with van der Waals surface area (Å²) in [5.41, 5.74) is -1.74. The van der Waals surface area contributed by atoms with E-state index in [0.717, 1.165) is 12.3 Å². The molecule has 0 bridgehead atoms. The molecule has 0 radical (unpaired) electrons. The van der Waals surface area contributed by atoms with E-state index in [0.29, 0.717) is 4.57 Å². The monoisotopic (exact) mass is 484 g/mol. The number of rotatable bonds is 8. The first-order chi connectivity index (χ1) is 13.1. The van der Waals surface area contributed by atoms with E-state index in [1.54, 1.807) is 0 Å². The largest absolute Gasteiger partial charge is 0.490 e. The second kappa shape index (κ2) is 8.61. The lowest BCUT2D eigenvalue weighted by molar-refractivity contribution is -0.0542. The van der Waals surface area contributed by atoms with Crippen LogP contribution in [0.15, 0.2) is 21.9 Å². The fourth-order valence-electron chi connectivity index (χ4n) is 2.20. The number of ether oxygens (including phenoxy) is 1. The van der Waals surface area contributed by atoms with Crippen LogP contribution < -0.4 is 11.2 Å². The van der Waals surface area contributed by atoms with Crippen LogP contribution in [-0.2, 0) is 31.6 Å². The summed E-state index contributed by atoms with van der Waals surface area (Å²) in [4.78, 5) is 59.9. The van der Waals surface area contributed by atoms with E-state index in [9.17, 15) is 38.4 Å². The normalized spacial score (nSPS) is 29.3. The first-order valence-corrected chi connectivity index (χ1v) is 11.7. The van der Waals surface area contributed by atoms with Crippen LogP contribution in [0.1, 0.15) is 6.23 Å². The molecule has 0 amide bonds. The van der Waals surface area contributed by atoms with Crippen molar-refractivity contribution >= 4 is 23.5 Å². The van der Waals surface area contributed by atoms with E-state index in [-0.39, 0.29) is 0 Å². The molecular weight excluding hydrogens is 469 g/mol. The van der Waals surface area contributed by atoms with Gasteiger partial charge >= 0.3 is 29.2 Å². The van der Waals surface area contributed by atoms with Gasteiger partial charge in [0.1, 0.15) is 18.3 Å². The molecule has 29 heavy (non-hydrogen) atoms. The van der Waals surface area contributed by atoms with Crippen molar-refractivity contribution in [3.8, 4) is 0 Å². The van der Waals surface area contributed by atoms with Gasteiger partial charge in [0.05, 0.1) is 6.61 Å². The Balaban J connectivity index is 2.06. The minimum Gasteiger partial charge on any atom is -0.387 e. The number of nitrogens with one attached hydrogen (secondary N) is 1. The minimum absolute atomic E-state index is 0.708. The van der Waals surface area contributed by atoms with Gasteiger partial charge in [0, 0.05) is 12.3 Å². The number of hydrogen-bond donors (Lipinski definition) is 7. The number of aliphatic hydroxyl groups is 2. The van der Waals surface area contributed by atoms with Crippen molar-refractivity contribution in [3.63, 3.8) is 0 Å². The number of phosphoric ester groups is 1. The highest BCUT2D eigenvalue weighted by molar-refractivity contribution is 7.66. The summed E-state index contributed by atoms with van der Waals surface area (Å²) in [6.45, 7) is -1.05. The zero-order valence-electron chi connectivity index (χ0n) is 13.8. The fourth-order valence-corrected chi connectivity index (χ4v) is 5.23. The maximum absolute atomic E-state index is 11.7. The molecule has 4 unspecified atom stereocenters. The number of nitrogens with zero attached hydrogens (tertiary/aromatic N) is 1. The van der Waals surface area contributed by atoms with E-state index in [4.69, 9.17) is 19.4 Å². The highest BCUT2D eigenvalue weighted by atomic mass is 31.3. The number of phosphoric acid groups is 3. The van der Waals surface area contributed by atoms with Gasteiger partial charge in [-0.05, 0) is 0 Å². The molecule has 1 aromatic rings. The number of H-pyrrole nitrogens is 1. The average molecular weight is 484 g/mol. The van der Waals surface area contributed by atoms with Gasteiger partial charge in [-0.3, -0.25) is 18.9 Å². The third kappa shape index (κ3) is 6.73. The molecule has 166 valence electrons. The highest BCUT2D eigenvalue weighted by Gasteiger charge is 2.46.